The molecule has 0 spiro atoms. The summed E-state index contributed by atoms with van der Waals surface area (Å²) in [6, 6.07) is 13.0. The molecule has 0 atom stereocenters. The summed E-state index contributed by atoms with van der Waals surface area (Å²) < 4.78 is 6.04. The van der Waals surface area contributed by atoms with Gasteiger partial charge in [-0.15, -0.1) is 0 Å². The van der Waals surface area contributed by atoms with Gasteiger partial charge in [-0.25, -0.2) is 0 Å². The first kappa shape index (κ1) is 15.6. The van der Waals surface area contributed by atoms with Crippen LogP contribution in [-0.2, 0) is 19.6 Å². The number of hydrogen-bond donors (Lipinski definition) is 1. The molecule has 0 aliphatic rings. The van der Waals surface area contributed by atoms with E-state index in [9.17, 15) is 0 Å². The fourth-order valence-corrected chi connectivity index (χ4v) is 2.60. The zero-order chi connectivity index (χ0) is 15.2. The van der Waals surface area contributed by atoms with E-state index in [1.54, 1.807) is 0 Å². The molecule has 112 valence electrons. The van der Waals surface area contributed by atoms with Crippen molar-refractivity contribution in [3.8, 4) is 5.75 Å². The van der Waals surface area contributed by atoms with Crippen LogP contribution in [0.25, 0.3) is 0 Å². The zero-order valence-electron chi connectivity index (χ0n) is 13.5. The maximum absolute atomic E-state index is 6.04. The van der Waals surface area contributed by atoms with Crippen LogP contribution in [0, 0.1) is 13.8 Å². The van der Waals surface area contributed by atoms with Gasteiger partial charge in [0.2, 0.25) is 0 Å². The largest absolute Gasteiger partial charge is 0.488 e. The topological polar surface area (TPSA) is 21.3 Å². The molecule has 21 heavy (non-hydrogen) atoms. The van der Waals surface area contributed by atoms with Gasteiger partial charge in [-0.1, -0.05) is 43.3 Å². The van der Waals surface area contributed by atoms with Gasteiger partial charge in [0.05, 0.1) is 0 Å². The van der Waals surface area contributed by atoms with Crippen molar-refractivity contribution in [2.24, 2.45) is 0 Å². The van der Waals surface area contributed by atoms with Crippen LogP contribution in [-0.4, -0.2) is 7.05 Å². The van der Waals surface area contributed by atoms with Crippen LogP contribution >= 0.6 is 0 Å². The Kier molecular flexibility index (Phi) is 5.40. The second-order valence-electron chi connectivity index (χ2n) is 5.55. The highest BCUT2D eigenvalue weighted by Crippen LogP contribution is 2.25. The van der Waals surface area contributed by atoms with Crippen LogP contribution in [0.15, 0.2) is 36.4 Å². The molecule has 0 saturated heterocycles. The molecule has 0 aromatic heterocycles. The van der Waals surface area contributed by atoms with Gasteiger partial charge in [-0.2, -0.15) is 0 Å². The van der Waals surface area contributed by atoms with Gasteiger partial charge < -0.3 is 10.1 Å². The number of nitrogens with one attached hydrogen (secondary N) is 1. The van der Waals surface area contributed by atoms with E-state index in [4.69, 9.17) is 4.74 Å². The van der Waals surface area contributed by atoms with Gasteiger partial charge in [0.1, 0.15) is 12.4 Å². The molecule has 2 heteroatoms. The Morgan fingerprint density at radius 2 is 1.48 bits per heavy atom. The van der Waals surface area contributed by atoms with Crippen molar-refractivity contribution in [3.05, 3.63) is 64.2 Å². The fraction of sp³-hybridized carbons (Fsp3) is 0.368. The van der Waals surface area contributed by atoms with Gasteiger partial charge in [0, 0.05) is 6.54 Å². The molecule has 2 aromatic rings. The van der Waals surface area contributed by atoms with E-state index < -0.39 is 0 Å². The minimum absolute atomic E-state index is 0.622. The first-order valence-corrected chi connectivity index (χ1v) is 7.59. The van der Waals surface area contributed by atoms with Crippen molar-refractivity contribution in [3.63, 3.8) is 0 Å². The Bertz CT molecular complexity index is 564. The second kappa shape index (κ2) is 7.28. The molecule has 2 aromatic carbocycles. The lowest BCUT2D eigenvalue weighted by atomic mass is 10.1. The summed E-state index contributed by atoms with van der Waals surface area (Å²) in [6.07, 6.45) is 1.08. The lowest BCUT2D eigenvalue weighted by molar-refractivity contribution is 0.302. The second-order valence-corrected chi connectivity index (χ2v) is 5.55. The van der Waals surface area contributed by atoms with Gasteiger partial charge in [0.15, 0.2) is 0 Å². The van der Waals surface area contributed by atoms with Crippen molar-refractivity contribution in [2.45, 2.75) is 40.3 Å². The van der Waals surface area contributed by atoms with Gasteiger partial charge in [-0.3, -0.25) is 0 Å². The van der Waals surface area contributed by atoms with Crippen LogP contribution in [0.5, 0.6) is 5.75 Å². The van der Waals surface area contributed by atoms with E-state index in [-0.39, 0.29) is 0 Å². The summed E-state index contributed by atoms with van der Waals surface area (Å²) in [5, 5.41) is 3.19. The number of hydrogen-bond acceptors (Lipinski definition) is 2. The molecule has 0 aliphatic carbocycles. The summed E-state index contributed by atoms with van der Waals surface area (Å²) in [5.74, 6) is 1.01. The number of aryl methyl sites for hydroxylation is 3. The average Bonchev–Trinajstić information content (AvgIpc) is 2.47. The Hall–Kier alpha value is -1.80. The van der Waals surface area contributed by atoms with E-state index in [0.717, 1.165) is 18.7 Å². The minimum atomic E-state index is 0.622. The standard InChI is InChI=1S/C19H25NO/c1-5-16-6-8-17(9-7-16)13-21-19-14(2)10-18(12-20-4)11-15(19)3/h6-11,20H,5,12-13H2,1-4H3. The molecule has 0 unspecified atom stereocenters. The third-order valence-electron chi connectivity index (χ3n) is 3.72. The molecule has 2 nitrogen and oxygen atoms in total. The van der Waals surface area contributed by atoms with Crippen molar-refractivity contribution in [1.82, 2.24) is 5.32 Å². The lowest BCUT2D eigenvalue weighted by Crippen LogP contribution is -2.06. The van der Waals surface area contributed by atoms with Crippen molar-refractivity contribution in [1.29, 1.82) is 0 Å². The zero-order valence-corrected chi connectivity index (χ0v) is 13.5. The molecule has 0 aliphatic heterocycles. The summed E-state index contributed by atoms with van der Waals surface area (Å²) >= 11 is 0. The van der Waals surface area contributed by atoms with Gasteiger partial charge in [-0.05, 0) is 55.1 Å². The fourth-order valence-electron chi connectivity index (χ4n) is 2.60. The first-order valence-electron chi connectivity index (χ1n) is 7.59. The molecule has 0 saturated carbocycles. The number of ether oxygens (including phenoxy) is 1. The third kappa shape index (κ3) is 4.08. The predicted molar refractivity (Wildman–Crippen MR) is 88.8 cm³/mol. The Morgan fingerprint density at radius 3 is 2.00 bits per heavy atom. The quantitative estimate of drug-likeness (QED) is 0.859. The highest BCUT2D eigenvalue weighted by atomic mass is 16.5. The molecule has 1 N–H and O–H groups in total. The van der Waals surface area contributed by atoms with Crippen LogP contribution in [0.2, 0.25) is 0 Å². The smallest absolute Gasteiger partial charge is 0.125 e. The molecular formula is C19H25NO. The van der Waals surface area contributed by atoms with Crippen LogP contribution in [0.1, 0.15) is 34.7 Å². The van der Waals surface area contributed by atoms with Gasteiger partial charge in [0.25, 0.3) is 0 Å². The minimum Gasteiger partial charge on any atom is -0.488 e. The van der Waals surface area contributed by atoms with Crippen LogP contribution in [0.4, 0.5) is 0 Å². The molecule has 0 amide bonds. The maximum Gasteiger partial charge on any atom is 0.125 e. The van der Waals surface area contributed by atoms with E-state index in [1.165, 1.54) is 27.8 Å². The Balaban J connectivity index is 2.08. The monoisotopic (exact) mass is 283 g/mol. The Labute approximate surface area is 128 Å². The third-order valence-corrected chi connectivity index (χ3v) is 3.72. The molecule has 0 heterocycles. The van der Waals surface area contributed by atoms with E-state index in [0.29, 0.717) is 6.61 Å². The molecule has 0 radical (unpaired) electrons. The normalized spacial score (nSPS) is 10.7. The van der Waals surface area contributed by atoms with E-state index in [2.05, 4.69) is 62.5 Å². The number of rotatable bonds is 6. The number of benzene rings is 2. The summed E-state index contributed by atoms with van der Waals surface area (Å²) in [4.78, 5) is 0. The Morgan fingerprint density at radius 1 is 0.905 bits per heavy atom. The van der Waals surface area contributed by atoms with Crippen LogP contribution in [0.3, 0.4) is 0 Å². The molecule has 2 rings (SSSR count). The summed E-state index contributed by atoms with van der Waals surface area (Å²) in [5.41, 5.74) is 6.27. The van der Waals surface area contributed by atoms with Crippen molar-refractivity contribution < 1.29 is 4.74 Å². The lowest BCUT2D eigenvalue weighted by Gasteiger charge is -2.14. The van der Waals surface area contributed by atoms with E-state index in [1.807, 2.05) is 7.05 Å². The average molecular weight is 283 g/mol. The highest BCUT2D eigenvalue weighted by Gasteiger charge is 2.07. The first-order chi connectivity index (χ1) is 10.1. The molecule has 0 bridgehead atoms. The SMILES string of the molecule is CCc1ccc(COc2c(C)cc(CNC)cc2C)cc1. The highest BCUT2D eigenvalue weighted by molar-refractivity contribution is 5.43. The maximum atomic E-state index is 6.04. The summed E-state index contributed by atoms with van der Waals surface area (Å²) in [7, 11) is 1.97. The van der Waals surface area contributed by atoms with E-state index >= 15 is 0 Å². The predicted octanol–water partition coefficient (Wildman–Crippen LogP) is 4.16. The van der Waals surface area contributed by atoms with Crippen molar-refractivity contribution >= 4 is 0 Å². The molecular weight excluding hydrogens is 258 g/mol. The van der Waals surface area contributed by atoms with Gasteiger partial charge >= 0.3 is 0 Å². The van der Waals surface area contributed by atoms with Crippen LogP contribution < -0.4 is 10.1 Å². The summed E-state index contributed by atoms with van der Waals surface area (Å²) in [6.45, 7) is 7.91. The van der Waals surface area contributed by atoms with Crippen molar-refractivity contribution in [2.75, 3.05) is 7.05 Å². The molecule has 0 fully saturated rings.